The summed E-state index contributed by atoms with van der Waals surface area (Å²) in [6, 6.07) is 67.2. The van der Waals surface area contributed by atoms with E-state index in [-0.39, 0.29) is 0 Å². The number of benzene rings is 10. The minimum atomic E-state index is 1.23. The Morgan fingerprint density at radius 2 is 0.788 bits per heavy atom. The standard InChI is InChI=1S/C52H36/c1-33-13-11-24-47-48(40-30-25-35-14-3-4-16-39(35)32-40)31-34(2)50(49(33)47)52-45-21-9-7-19-43(45)51(44-20-8-10-22-46(44)52)38-28-26-37(27-29-38)42-23-12-17-36-15-5-6-18-41(36)42/h3-32H,1-2H3. The van der Waals surface area contributed by atoms with Crippen LogP contribution < -0.4 is 0 Å². The maximum Gasteiger partial charge on any atom is -0.00174 e. The second kappa shape index (κ2) is 12.1. The van der Waals surface area contributed by atoms with E-state index >= 15 is 0 Å². The highest BCUT2D eigenvalue weighted by Gasteiger charge is 2.22. The zero-order valence-electron chi connectivity index (χ0n) is 29.3. The molecule has 0 saturated carbocycles. The van der Waals surface area contributed by atoms with Crippen LogP contribution in [0.5, 0.6) is 0 Å². The summed E-state index contributed by atoms with van der Waals surface area (Å²) in [6.45, 7) is 4.57. The molecule has 10 rings (SSSR count). The third-order valence-corrected chi connectivity index (χ3v) is 11.1. The van der Waals surface area contributed by atoms with Gasteiger partial charge in [0.15, 0.2) is 0 Å². The van der Waals surface area contributed by atoms with Gasteiger partial charge in [0.2, 0.25) is 0 Å². The highest BCUT2D eigenvalue weighted by atomic mass is 14.2. The maximum absolute atomic E-state index is 2.42. The first-order chi connectivity index (χ1) is 25.6. The van der Waals surface area contributed by atoms with Gasteiger partial charge in [-0.1, -0.05) is 176 Å². The lowest BCUT2D eigenvalue weighted by atomic mass is 9.81. The summed E-state index contributed by atoms with van der Waals surface area (Å²) < 4.78 is 0. The Labute approximate surface area is 304 Å². The van der Waals surface area contributed by atoms with E-state index in [0.29, 0.717) is 0 Å². The van der Waals surface area contributed by atoms with Crippen molar-refractivity contribution >= 4 is 53.9 Å². The largest absolute Gasteiger partial charge is 0.0616 e. The van der Waals surface area contributed by atoms with Crippen molar-refractivity contribution in [1.29, 1.82) is 0 Å². The molecule has 0 unspecified atom stereocenters. The van der Waals surface area contributed by atoms with E-state index in [1.54, 1.807) is 0 Å². The molecule has 0 atom stereocenters. The third kappa shape index (κ3) is 4.76. The second-order valence-electron chi connectivity index (χ2n) is 14.1. The van der Waals surface area contributed by atoms with Gasteiger partial charge in [-0.3, -0.25) is 0 Å². The molecule has 0 heteroatoms. The zero-order valence-corrected chi connectivity index (χ0v) is 29.3. The third-order valence-electron chi connectivity index (χ3n) is 11.1. The number of rotatable bonds is 4. The predicted octanol–water partition coefficient (Wildman–Crippen LogP) is 14.7. The Kier molecular flexibility index (Phi) is 7.05. The van der Waals surface area contributed by atoms with Crippen LogP contribution in [-0.4, -0.2) is 0 Å². The Morgan fingerprint density at radius 1 is 0.269 bits per heavy atom. The first-order valence-corrected chi connectivity index (χ1v) is 18.2. The van der Waals surface area contributed by atoms with Gasteiger partial charge in [0.25, 0.3) is 0 Å². The fourth-order valence-corrected chi connectivity index (χ4v) is 8.71. The molecule has 0 spiro atoms. The minimum Gasteiger partial charge on any atom is -0.0616 e. The van der Waals surface area contributed by atoms with E-state index in [1.807, 2.05) is 0 Å². The van der Waals surface area contributed by atoms with E-state index in [0.717, 1.165) is 0 Å². The highest BCUT2D eigenvalue weighted by Crippen LogP contribution is 2.48. The Hall–Kier alpha value is -6.50. The molecule has 0 heterocycles. The van der Waals surface area contributed by atoms with Crippen molar-refractivity contribution in [3.63, 3.8) is 0 Å². The molecule has 0 N–H and O–H groups in total. The van der Waals surface area contributed by atoms with Crippen molar-refractivity contribution in [3.05, 3.63) is 193 Å². The van der Waals surface area contributed by atoms with Crippen LogP contribution in [0.4, 0.5) is 0 Å². The van der Waals surface area contributed by atoms with Crippen molar-refractivity contribution in [1.82, 2.24) is 0 Å². The molecule has 0 fully saturated rings. The number of hydrogen-bond donors (Lipinski definition) is 0. The lowest BCUT2D eigenvalue weighted by Gasteiger charge is -2.22. The number of aryl methyl sites for hydroxylation is 2. The molecular weight excluding hydrogens is 625 g/mol. The molecule has 52 heavy (non-hydrogen) atoms. The summed E-state index contributed by atoms with van der Waals surface area (Å²) >= 11 is 0. The fraction of sp³-hybridized carbons (Fsp3) is 0.0385. The highest BCUT2D eigenvalue weighted by molar-refractivity contribution is 6.25. The van der Waals surface area contributed by atoms with Crippen LogP contribution in [0.1, 0.15) is 11.1 Å². The monoisotopic (exact) mass is 660 g/mol. The number of hydrogen-bond acceptors (Lipinski definition) is 0. The van der Waals surface area contributed by atoms with Crippen LogP contribution in [0.15, 0.2) is 182 Å². The lowest BCUT2D eigenvalue weighted by molar-refractivity contribution is 1.46. The average molecular weight is 661 g/mol. The summed E-state index contributed by atoms with van der Waals surface area (Å²) in [5, 5.41) is 12.8. The lowest BCUT2D eigenvalue weighted by Crippen LogP contribution is -1.96. The molecule has 0 radical (unpaired) electrons. The van der Waals surface area contributed by atoms with Crippen molar-refractivity contribution < 1.29 is 0 Å². The molecule has 0 aliphatic rings. The smallest absolute Gasteiger partial charge is 0.00174 e. The van der Waals surface area contributed by atoms with Crippen molar-refractivity contribution in [3.8, 4) is 44.5 Å². The Bertz CT molecular complexity index is 2950. The topological polar surface area (TPSA) is 0 Å². The summed E-state index contributed by atoms with van der Waals surface area (Å²) in [5.41, 5.74) is 12.7. The van der Waals surface area contributed by atoms with Crippen LogP contribution in [0.25, 0.3) is 98.4 Å². The van der Waals surface area contributed by atoms with Gasteiger partial charge in [-0.2, -0.15) is 0 Å². The fourth-order valence-electron chi connectivity index (χ4n) is 8.71. The summed E-state index contributed by atoms with van der Waals surface area (Å²) in [6.07, 6.45) is 0. The zero-order chi connectivity index (χ0) is 34.8. The van der Waals surface area contributed by atoms with Crippen LogP contribution in [0, 0.1) is 13.8 Å². The van der Waals surface area contributed by atoms with Gasteiger partial charge < -0.3 is 0 Å². The van der Waals surface area contributed by atoms with Gasteiger partial charge >= 0.3 is 0 Å². The minimum absolute atomic E-state index is 1.23. The van der Waals surface area contributed by atoms with Crippen molar-refractivity contribution in [2.45, 2.75) is 13.8 Å². The average Bonchev–Trinajstić information content (AvgIpc) is 3.20. The molecule has 244 valence electrons. The van der Waals surface area contributed by atoms with Gasteiger partial charge in [0.05, 0.1) is 0 Å². The second-order valence-corrected chi connectivity index (χ2v) is 14.1. The predicted molar refractivity (Wildman–Crippen MR) is 225 cm³/mol. The van der Waals surface area contributed by atoms with Gasteiger partial charge in [-0.15, -0.1) is 0 Å². The van der Waals surface area contributed by atoms with E-state index in [2.05, 4.69) is 196 Å². The van der Waals surface area contributed by atoms with Crippen molar-refractivity contribution in [2.24, 2.45) is 0 Å². The SMILES string of the molecule is Cc1cc(-c2ccc3ccccc3c2)c2cccc(C)c2c1-c1c2ccccc2c(-c2ccc(-c3cccc4ccccc34)cc2)c2ccccc12. The quantitative estimate of drug-likeness (QED) is 0.165. The Morgan fingerprint density at radius 3 is 1.50 bits per heavy atom. The van der Waals surface area contributed by atoms with Crippen LogP contribution in [0.2, 0.25) is 0 Å². The normalized spacial score (nSPS) is 11.7. The molecule has 0 aliphatic carbocycles. The van der Waals surface area contributed by atoms with E-state index in [9.17, 15) is 0 Å². The van der Waals surface area contributed by atoms with Gasteiger partial charge in [-0.25, -0.2) is 0 Å². The number of fused-ring (bicyclic) bond motifs is 5. The molecule has 0 aromatic heterocycles. The van der Waals surface area contributed by atoms with E-state index < -0.39 is 0 Å². The molecule has 0 bridgehead atoms. The molecule has 0 amide bonds. The van der Waals surface area contributed by atoms with Crippen LogP contribution >= 0.6 is 0 Å². The molecule has 0 aliphatic heterocycles. The van der Waals surface area contributed by atoms with Gasteiger partial charge in [-0.05, 0) is 129 Å². The molecule has 10 aromatic rings. The van der Waals surface area contributed by atoms with E-state index in [4.69, 9.17) is 0 Å². The van der Waals surface area contributed by atoms with E-state index in [1.165, 1.54) is 109 Å². The molecular formula is C52H36. The molecule has 0 saturated heterocycles. The Balaban J connectivity index is 1.22. The maximum atomic E-state index is 2.42. The summed E-state index contributed by atoms with van der Waals surface area (Å²) in [5.74, 6) is 0. The summed E-state index contributed by atoms with van der Waals surface area (Å²) in [4.78, 5) is 0. The molecule has 10 aromatic carbocycles. The van der Waals surface area contributed by atoms with Gasteiger partial charge in [0, 0.05) is 0 Å². The van der Waals surface area contributed by atoms with Crippen LogP contribution in [0.3, 0.4) is 0 Å². The van der Waals surface area contributed by atoms with Gasteiger partial charge in [0.1, 0.15) is 0 Å². The molecule has 0 nitrogen and oxygen atoms in total. The first kappa shape index (κ1) is 30.3. The van der Waals surface area contributed by atoms with Crippen LogP contribution in [-0.2, 0) is 0 Å². The first-order valence-electron chi connectivity index (χ1n) is 18.2. The van der Waals surface area contributed by atoms with Crippen molar-refractivity contribution in [2.75, 3.05) is 0 Å². The summed E-state index contributed by atoms with van der Waals surface area (Å²) in [7, 11) is 0.